The Labute approximate surface area is 142 Å². The van der Waals surface area contributed by atoms with Crippen molar-refractivity contribution in [3.8, 4) is 17.1 Å². The van der Waals surface area contributed by atoms with Crippen molar-refractivity contribution in [2.24, 2.45) is 0 Å². The molecule has 7 heteroatoms. The maximum Gasteiger partial charge on any atom is 0.237 e. The van der Waals surface area contributed by atoms with Crippen LogP contribution < -0.4 is 0 Å². The molecular weight excluding hydrogens is 322 g/mol. The molecule has 0 saturated heterocycles. The minimum atomic E-state index is 0.526. The Kier molecular flexibility index (Phi) is 4.07. The first-order valence-corrected chi connectivity index (χ1v) is 8.35. The summed E-state index contributed by atoms with van der Waals surface area (Å²) < 4.78 is 7.03. The molecular formula is C17H13N5OS. The fourth-order valence-corrected chi connectivity index (χ4v) is 2.80. The van der Waals surface area contributed by atoms with Gasteiger partial charge in [-0.1, -0.05) is 65.4 Å². The Morgan fingerprint density at radius 2 is 1.71 bits per heavy atom. The van der Waals surface area contributed by atoms with Crippen molar-refractivity contribution in [1.29, 1.82) is 0 Å². The molecule has 0 N–H and O–H groups in total. The Balaban J connectivity index is 1.43. The van der Waals surface area contributed by atoms with Gasteiger partial charge in [-0.15, -0.1) is 5.10 Å². The molecule has 2 aromatic carbocycles. The number of hydrogen-bond acceptors (Lipinski definition) is 6. The molecule has 0 fully saturated rings. The fourth-order valence-electron chi connectivity index (χ4n) is 2.16. The third kappa shape index (κ3) is 3.21. The number of aromatic nitrogens is 5. The van der Waals surface area contributed by atoms with E-state index in [1.807, 2.05) is 60.7 Å². The van der Waals surface area contributed by atoms with Crippen LogP contribution in [-0.2, 0) is 5.75 Å². The number of rotatable bonds is 5. The van der Waals surface area contributed by atoms with E-state index in [0.29, 0.717) is 22.6 Å². The van der Waals surface area contributed by atoms with E-state index in [1.165, 1.54) is 11.8 Å². The second-order valence-corrected chi connectivity index (χ2v) is 5.92. The number of nitrogens with zero attached hydrogens (tertiary/aromatic N) is 5. The normalized spacial score (nSPS) is 10.8. The monoisotopic (exact) mass is 335 g/mol. The Morgan fingerprint density at radius 3 is 2.50 bits per heavy atom. The van der Waals surface area contributed by atoms with E-state index in [1.54, 1.807) is 11.0 Å². The number of thioether (sulfide) groups is 1. The van der Waals surface area contributed by atoms with Crippen molar-refractivity contribution in [1.82, 2.24) is 24.9 Å². The molecule has 4 aromatic rings. The van der Waals surface area contributed by atoms with Gasteiger partial charge in [0.25, 0.3) is 0 Å². The van der Waals surface area contributed by atoms with Crippen molar-refractivity contribution < 1.29 is 4.52 Å². The summed E-state index contributed by atoms with van der Waals surface area (Å²) in [4.78, 5) is 8.70. The summed E-state index contributed by atoms with van der Waals surface area (Å²) in [6.45, 7) is 0. The lowest BCUT2D eigenvalue weighted by Crippen LogP contribution is -1.93. The number of para-hydroxylation sites is 1. The highest BCUT2D eigenvalue weighted by Crippen LogP contribution is 2.21. The molecule has 0 aliphatic rings. The first kappa shape index (κ1) is 14.6. The number of benzene rings is 2. The Hall–Kier alpha value is -2.93. The van der Waals surface area contributed by atoms with E-state index >= 15 is 0 Å². The van der Waals surface area contributed by atoms with Crippen molar-refractivity contribution in [2.45, 2.75) is 10.9 Å². The summed E-state index contributed by atoms with van der Waals surface area (Å²) in [6, 6.07) is 19.6. The lowest BCUT2D eigenvalue weighted by atomic mass is 10.2. The van der Waals surface area contributed by atoms with E-state index in [4.69, 9.17) is 4.52 Å². The van der Waals surface area contributed by atoms with Crippen molar-refractivity contribution >= 4 is 11.8 Å². The average Bonchev–Trinajstić information content (AvgIpc) is 3.31. The van der Waals surface area contributed by atoms with Gasteiger partial charge in [-0.05, 0) is 12.1 Å². The molecule has 0 amide bonds. The predicted molar refractivity (Wildman–Crippen MR) is 90.7 cm³/mol. The largest absolute Gasteiger partial charge is 0.338 e. The second-order valence-electron chi connectivity index (χ2n) is 4.97. The van der Waals surface area contributed by atoms with Crippen LogP contribution in [0.4, 0.5) is 0 Å². The second kappa shape index (κ2) is 6.67. The molecule has 4 rings (SSSR count). The number of hydrogen-bond donors (Lipinski definition) is 0. The van der Waals surface area contributed by atoms with Gasteiger partial charge in [0, 0.05) is 5.56 Å². The molecule has 2 heterocycles. The van der Waals surface area contributed by atoms with Gasteiger partial charge in [0.05, 0.1) is 11.4 Å². The van der Waals surface area contributed by atoms with Crippen LogP contribution in [0.2, 0.25) is 0 Å². The zero-order valence-corrected chi connectivity index (χ0v) is 13.4. The van der Waals surface area contributed by atoms with Gasteiger partial charge >= 0.3 is 0 Å². The summed E-state index contributed by atoms with van der Waals surface area (Å²) in [5.41, 5.74) is 1.91. The maximum atomic E-state index is 5.29. The average molecular weight is 335 g/mol. The molecule has 24 heavy (non-hydrogen) atoms. The van der Waals surface area contributed by atoms with Crippen LogP contribution in [0.3, 0.4) is 0 Å². The molecule has 0 saturated carbocycles. The quantitative estimate of drug-likeness (QED) is 0.519. The smallest absolute Gasteiger partial charge is 0.237 e. The molecule has 0 radical (unpaired) electrons. The molecule has 0 atom stereocenters. The Morgan fingerprint density at radius 1 is 0.958 bits per heavy atom. The molecule has 6 nitrogen and oxygen atoms in total. The van der Waals surface area contributed by atoms with Crippen LogP contribution in [0.1, 0.15) is 5.89 Å². The zero-order chi connectivity index (χ0) is 16.2. The maximum absolute atomic E-state index is 5.29. The summed E-state index contributed by atoms with van der Waals surface area (Å²) in [5.74, 6) is 1.67. The minimum absolute atomic E-state index is 0.526. The molecule has 0 bridgehead atoms. The highest BCUT2D eigenvalue weighted by atomic mass is 32.2. The highest BCUT2D eigenvalue weighted by Gasteiger charge is 2.10. The van der Waals surface area contributed by atoms with Gasteiger partial charge in [0.15, 0.2) is 0 Å². The molecule has 118 valence electrons. The van der Waals surface area contributed by atoms with Gasteiger partial charge in [-0.25, -0.2) is 9.67 Å². The topological polar surface area (TPSA) is 69.6 Å². The zero-order valence-electron chi connectivity index (χ0n) is 12.6. The third-order valence-electron chi connectivity index (χ3n) is 3.32. The van der Waals surface area contributed by atoms with Gasteiger partial charge < -0.3 is 4.52 Å². The standard InChI is InChI=1S/C17H13N5OS/c1-3-7-13(8-4-1)16-19-15(23-21-16)11-24-17-18-12-22(20-17)14-9-5-2-6-10-14/h1-10,12H,11H2. The van der Waals surface area contributed by atoms with Crippen LogP contribution in [-0.4, -0.2) is 24.9 Å². The third-order valence-corrected chi connectivity index (χ3v) is 4.15. The van der Waals surface area contributed by atoms with Gasteiger partial charge in [-0.3, -0.25) is 0 Å². The van der Waals surface area contributed by atoms with Crippen molar-refractivity contribution in [3.63, 3.8) is 0 Å². The SMILES string of the molecule is c1ccc(-c2noc(CSc3ncn(-c4ccccc4)n3)n2)cc1. The van der Waals surface area contributed by atoms with Crippen LogP contribution in [0.15, 0.2) is 76.7 Å². The van der Waals surface area contributed by atoms with E-state index in [9.17, 15) is 0 Å². The molecule has 0 spiro atoms. The summed E-state index contributed by atoms with van der Waals surface area (Å²) in [5, 5.41) is 9.11. The lowest BCUT2D eigenvalue weighted by molar-refractivity contribution is 0.391. The van der Waals surface area contributed by atoms with Crippen LogP contribution in [0.25, 0.3) is 17.1 Å². The van der Waals surface area contributed by atoms with Crippen LogP contribution in [0, 0.1) is 0 Å². The van der Waals surface area contributed by atoms with E-state index in [2.05, 4.69) is 20.2 Å². The van der Waals surface area contributed by atoms with E-state index in [-0.39, 0.29) is 0 Å². The summed E-state index contributed by atoms with van der Waals surface area (Å²) in [6.07, 6.45) is 1.70. The van der Waals surface area contributed by atoms with Crippen LogP contribution >= 0.6 is 11.8 Å². The fraction of sp³-hybridized carbons (Fsp3) is 0.0588. The van der Waals surface area contributed by atoms with Crippen LogP contribution in [0.5, 0.6) is 0 Å². The molecule has 0 unspecified atom stereocenters. The minimum Gasteiger partial charge on any atom is -0.338 e. The molecule has 2 aromatic heterocycles. The first-order valence-electron chi connectivity index (χ1n) is 7.36. The predicted octanol–water partition coefficient (Wildman–Crippen LogP) is 3.61. The molecule has 0 aliphatic carbocycles. The van der Waals surface area contributed by atoms with Gasteiger partial charge in [0.1, 0.15) is 6.33 Å². The summed E-state index contributed by atoms with van der Waals surface area (Å²) >= 11 is 1.46. The molecule has 0 aliphatic heterocycles. The van der Waals surface area contributed by atoms with Crippen molar-refractivity contribution in [3.05, 3.63) is 72.9 Å². The van der Waals surface area contributed by atoms with E-state index < -0.39 is 0 Å². The van der Waals surface area contributed by atoms with E-state index in [0.717, 1.165) is 11.3 Å². The van der Waals surface area contributed by atoms with Gasteiger partial charge in [-0.2, -0.15) is 4.98 Å². The van der Waals surface area contributed by atoms with Gasteiger partial charge in [0.2, 0.25) is 16.9 Å². The van der Waals surface area contributed by atoms with Crippen molar-refractivity contribution in [2.75, 3.05) is 0 Å². The summed E-state index contributed by atoms with van der Waals surface area (Å²) in [7, 11) is 0. The first-order chi connectivity index (χ1) is 11.9. The lowest BCUT2D eigenvalue weighted by Gasteiger charge is -1.97. The highest BCUT2D eigenvalue weighted by molar-refractivity contribution is 7.98. The Bertz CT molecular complexity index is 843.